The molecule has 0 aliphatic heterocycles. The molecule has 4 N–H and O–H groups in total. The Balaban J connectivity index is 2.35. The fourth-order valence-electron chi connectivity index (χ4n) is 1.59. The fraction of sp³-hybridized carbons (Fsp3) is 0.273. The zero-order chi connectivity index (χ0) is 9.97. The van der Waals surface area contributed by atoms with Crippen molar-refractivity contribution >= 4 is 10.9 Å². The number of aromatic nitrogens is 1. The summed E-state index contributed by atoms with van der Waals surface area (Å²) < 4.78 is 0. The number of para-hydroxylation sites is 1. The monoisotopic (exact) mass is 190 g/mol. The van der Waals surface area contributed by atoms with Crippen LogP contribution in [-0.2, 0) is 0 Å². The van der Waals surface area contributed by atoms with Gasteiger partial charge in [0.05, 0.1) is 0 Å². The van der Waals surface area contributed by atoms with Crippen molar-refractivity contribution in [3.63, 3.8) is 0 Å². The van der Waals surface area contributed by atoms with E-state index >= 15 is 0 Å². The van der Waals surface area contributed by atoms with E-state index in [1.807, 2.05) is 30.3 Å². The minimum atomic E-state index is -0.104. The van der Waals surface area contributed by atoms with Gasteiger partial charge in [-0.15, -0.1) is 0 Å². The molecular formula is C11H14N2O. The number of hydrogen-bond donors (Lipinski definition) is 3. The molecule has 74 valence electrons. The van der Waals surface area contributed by atoms with Crippen molar-refractivity contribution in [2.24, 2.45) is 5.73 Å². The standard InChI is InChI=1S/C11H14N2O/c12-9(5-6-14)11-7-8-3-1-2-4-10(8)13-11/h1-4,7,9,13-14H,5-6,12H2. The molecule has 2 aromatic rings. The van der Waals surface area contributed by atoms with Crippen molar-refractivity contribution in [3.8, 4) is 0 Å². The Morgan fingerprint density at radius 3 is 2.86 bits per heavy atom. The third-order valence-corrected chi connectivity index (χ3v) is 2.39. The Morgan fingerprint density at radius 2 is 2.14 bits per heavy atom. The molecule has 1 aromatic heterocycles. The van der Waals surface area contributed by atoms with Crippen molar-refractivity contribution in [1.82, 2.24) is 4.98 Å². The van der Waals surface area contributed by atoms with Gasteiger partial charge in [0.15, 0.2) is 0 Å². The highest BCUT2D eigenvalue weighted by Gasteiger charge is 2.07. The second-order valence-corrected chi connectivity index (χ2v) is 3.43. The van der Waals surface area contributed by atoms with Gasteiger partial charge in [0, 0.05) is 23.9 Å². The lowest BCUT2D eigenvalue weighted by molar-refractivity contribution is 0.276. The minimum Gasteiger partial charge on any atom is -0.396 e. The van der Waals surface area contributed by atoms with Crippen LogP contribution in [0.3, 0.4) is 0 Å². The molecule has 0 bridgehead atoms. The van der Waals surface area contributed by atoms with Crippen LogP contribution < -0.4 is 5.73 Å². The van der Waals surface area contributed by atoms with Crippen molar-refractivity contribution < 1.29 is 5.11 Å². The maximum atomic E-state index is 8.78. The minimum absolute atomic E-state index is 0.104. The summed E-state index contributed by atoms with van der Waals surface area (Å²) in [5.41, 5.74) is 7.96. The number of rotatable bonds is 3. The molecule has 0 aliphatic carbocycles. The molecule has 1 aromatic carbocycles. The average Bonchev–Trinajstić information content (AvgIpc) is 2.61. The molecule has 0 spiro atoms. The van der Waals surface area contributed by atoms with Gasteiger partial charge >= 0.3 is 0 Å². The summed E-state index contributed by atoms with van der Waals surface area (Å²) in [6.45, 7) is 0.122. The molecule has 1 heterocycles. The van der Waals surface area contributed by atoms with Gasteiger partial charge in [-0.25, -0.2) is 0 Å². The molecule has 0 aliphatic rings. The summed E-state index contributed by atoms with van der Waals surface area (Å²) >= 11 is 0. The first-order valence-electron chi connectivity index (χ1n) is 4.75. The molecular weight excluding hydrogens is 176 g/mol. The highest BCUT2D eigenvalue weighted by molar-refractivity contribution is 5.80. The molecule has 14 heavy (non-hydrogen) atoms. The SMILES string of the molecule is NC(CCO)c1cc2ccccc2[nH]1. The van der Waals surface area contributed by atoms with E-state index in [4.69, 9.17) is 10.8 Å². The number of nitrogens with two attached hydrogens (primary N) is 1. The van der Waals surface area contributed by atoms with E-state index in [0.29, 0.717) is 6.42 Å². The van der Waals surface area contributed by atoms with Gasteiger partial charge in [0.25, 0.3) is 0 Å². The number of hydrogen-bond acceptors (Lipinski definition) is 2. The van der Waals surface area contributed by atoms with E-state index in [0.717, 1.165) is 16.6 Å². The van der Waals surface area contributed by atoms with Crippen LogP contribution in [0.1, 0.15) is 18.2 Å². The normalized spacial score (nSPS) is 13.3. The smallest absolute Gasteiger partial charge is 0.0470 e. The quantitative estimate of drug-likeness (QED) is 0.687. The van der Waals surface area contributed by atoms with Gasteiger partial charge in [0.1, 0.15) is 0 Å². The lowest BCUT2D eigenvalue weighted by atomic mass is 10.1. The van der Waals surface area contributed by atoms with Crippen LogP contribution in [0.15, 0.2) is 30.3 Å². The summed E-state index contributed by atoms with van der Waals surface area (Å²) in [6.07, 6.45) is 0.590. The molecule has 0 amide bonds. The van der Waals surface area contributed by atoms with Crippen LogP contribution in [-0.4, -0.2) is 16.7 Å². The van der Waals surface area contributed by atoms with Gasteiger partial charge < -0.3 is 15.8 Å². The predicted molar refractivity (Wildman–Crippen MR) is 56.9 cm³/mol. The summed E-state index contributed by atoms with van der Waals surface area (Å²) in [7, 11) is 0. The zero-order valence-corrected chi connectivity index (χ0v) is 7.90. The Bertz CT molecular complexity index is 389. The van der Waals surface area contributed by atoms with Gasteiger partial charge in [0.2, 0.25) is 0 Å². The maximum Gasteiger partial charge on any atom is 0.0470 e. The van der Waals surface area contributed by atoms with Gasteiger partial charge in [-0.2, -0.15) is 0 Å². The van der Waals surface area contributed by atoms with E-state index in [1.54, 1.807) is 0 Å². The number of aliphatic hydroxyl groups is 1. The third kappa shape index (κ3) is 1.64. The molecule has 1 atom stereocenters. The van der Waals surface area contributed by atoms with Crippen molar-refractivity contribution in [2.75, 3.05) is 6.61 Å². The number of nitrogens with one attached hydrogen (secondary N) is 1. The van der Waals surface area contributed by atoms with E-state index < -0.39 is 0 Å². The third-order valence-electron chi connectivity index (χ3n) is 2.39. The first-order chi connectivity index (χ1) is 6.81. The van der Waals surface area contributed by atoms with Crippen LogP contribution >= 0.6 is 0 Å². The van der Waals surface area contributed by atoms with Crippen LogP contribution in [0.4, 0.5) is 0 Å². The van der Waals surface area contributed by atoms with Gasteiger partial charge in [-0.05, 0) is 23.9 Å². The molecule has 0 fully saturated rings. The summed E-state index contributed by atoms with van der Waals surface area (Å²) in [5, 5.41) is 9.94. The Kier molecular flexibility index (Phi) is 2.52. The van der Waals surface area contributed by atoms with Gasteiger partial charge in [-0.1, -0.05) is 18.2 Å². The van der Waals surface area contributed by atoms with E-state index in [2.05, 4.69) is 4.98 Å². The molecule has 0 saturated heterocycles. The lowest BCUT2D eigenvalue weighted by Crippen LogP contribution is -2.11. The summed E-state index contributed by atoms with van der Waals surface area (Å²) in [6, 6.07) is 9.98. The van der Waals surface area contributed by atoms with Crippen molar-refractivity contribution in [1.29, 1.82) is 0 Å². The number of aromatic amines is 1. The van der Waals surface area contributed by atoms with Crippen LogP contribution in [0.25, 0.3) is 10.9 Å². The average molecular weight is 190 g/mol. The lowest BCUT2D eigenvalue weighted by Gasteiger charge is -2.06. The Hall–Kier alpha value is -1.32. The highest BCUT2D eigenvalue weighted by atomic mass is 16.3. The number of benzene rings is 1. The van der Waals surface area contributed by atoms with E-state index in [-0.39, 0.29) is 12.6 Å². The Labute approximate surface area is 82.6 Å². The molecule has 3 nitrogen and oxygen atoms in total. The maximum absolute atomic E-state index is 8.78. The fourth-order valence-corrected chi connectivity index (χ4v) is 1.59. The predicted octanol–water partition coefficient (Wildman–Crippen LogP) is 1.55. The highest BCUT2D eigenvalue weighted by Crippen LogP contribution is 2.19. The Morgan fingerprint density at radius 1 is 1.36 bits per heavy atom. The number of aliphatic hydroxyl groups excluding tert-OH is 1. The number of H-pyrrole nitrogens is 1. The van der Waals surface area contributed by atoms with E-state index in [1.165, 1.54) is 0 Å². The van der Waals surface area contributed by atoms with Crippen LogP contribution in [0.5, 0.6) is 0 Å². The van der Waals surface area contributed by atoms with Crippen LogP contribution in [0.2, 0.25) is 0 Å². The van der Waals surface area contributed by atoms with Crippen LogP contribution in [0, 0.1) is 0 Å². The molecule has 1 unspecified atom stereocenters. The van der Waals surface area contributed by atoms with Crippen molar-refractivity contribution in [3.05, 3.63) is 36.0 Å². The largest absolute Gasteiger partial charge is 0.396 e. The summed E-state index contributed by atoms with van der Waals surface area (Å²) in [5.74, 6) is 0. The van der Waals surface area contributed by atoms with Gasteiger partial charge in [-0.3, -0.25) is 0 Å². The first-order valence-corrected chi connectivity index (χ1v) is 4.75. The molecule has 2 rings (SSSR count). The second-order valence-electron chi connectivity index (χ2n) is 3.43. The van der Waals surface area contributed by atoms with Crippen molar-refractivity contribution in [2.45, 2.75) is 12.5 Å². The number of fused-ring (bicyclic) bond motifs is 1. The van der Waals surface area contributed by atoms with E-state index in [9.17, 15) is 0 Å². The molecule has 0 radical (unpaired) electrons. The zero-order valence-electron chi connectivity index (χ0n) is 7.90. The second kappa shape index (κ2) is 3.82. The summed E-state index contributed by atoms with van der Waals surface area (Å²) in [4.78, 5) is 3.24. The topological polar surface area (TPSA) is 62.0 Å². The first kappa shape index (κ1) is 9.24. The molecule has 0 saturated carbocycles. The molecule has 3 heteroatoms.